The second-order valence-electron chi connectivity index (χ2n) is 7.87. The van der Waals surface area contributed by atoms with Crippen molar-refractivity contribution < 1.29 is 9.59 Å². The van der Waals surface area contributed by atoms with E-state index in [0.29, 0.717) is 30.2 Å². The SMILES string of the molecule is CC(C)CCNC(=O)c1nc(C(=O)N2CCCc3ccccc32)c2ccccn12. The molecule has 0 unspecified atom stereocenters. The van der Waals surface area contributed by atoms with Crippen LogP contribution in [0.3, 0.4) is 0 Å². The molecule has 2 amide bonds. The molecule has 2 aromatic heterocycles. The Morgan fingerprint density at radius 2 is 1.93 bits per heavy atom. The molecular formula is C23H26N4O2. The molecule has 29 heavy (non-hydrogen) atoms. The smallest absolute Gasteiger partial charge is 0.287 e. The molecule has 0 saturated carbocycles. The highest BCUT2D eigenvalue weighted by Gasteiger charge is 2.28. The molecule has 0 fully saturated rings. The molecule has 0 radical (unpaired) electrons. The van der Waals surface area contributed by atoms with Crippen molar-refractivity contribution in [1.82, 2.24) is 14.7 Å². The number of benzene rings is 1. The number of pyridine rings is 1. The number of amides is 2. The zero-order valence-electron chi connectivity index (χ0n) is 16.9. The molecule has 0 aliphatic carbocycles. The lowest BCUT2D eigenvalue weighted by Crippen LogP contribution is -2.35. The van der Waals surface area contributed by atoms with Crippen molar-refractivity contribution in [3.05, 3.63) is 65.7 Å². The van der Waals surface area contributed by atoms with E-state index < -0.39 is 0 Å². The zero-order chi connectivity index (χ0) is 20.4. The standard InChI is InChI=1S/C23H26N4O2/c1-16(2)12-13-24-22(28)21-25-20(19-11-5-6-14-26(19)21)23(29)27-15-7-9-17-8-3-4-10-18(17)27/h3-6,8,10-11,14,16H,7,9,12-13,15H2,1-2H3,(H,24,28). The van der Waals surface area contributed by atoms with Crippen LogP contribution in [-0.2, 0) is 6.42 Å². The van der Waals surface area contributed by atoms with E-state index in [1.54, 1.807) is 15.5 Å². The van der Waals surface area contributed by atoms with E-state index in [0.717, 1.165) is 24.9 Å². The average Bonchev–Trinajstić information content (AvgIpc) is 3.12. The summed E-state index contributed by atoms with van der Waals surface area (Å²) in [5.74, 6) is 0.327. The highest BCUT2D eigenvalue weighted by Crippen LogP contribution is 2.29. The van der Waals surface area contributed by atoms with Gasteiger partial charge in [0.2, 0.25) is 5.82 Å². The Morgan fingerprint density at radius 3 is 2.76 bits per heavy atom. The summed E-state index contributed by atoms with van der Waals surface area (Å²) in [6.45, 7) is 5.47. The molecule has 6 heteroatoms. The number of hydrogen-bond donors (Lipinski definition) is 1. The Labute approximate surface area is 170 Å². The lowest BCUT2D eigenvalue weighted by atomic mass is 10.0. The minimum atomic E-state index is -0.259. The molecule has 1 N–H and O–H groups in total. The Morgan fingerprint density at radius 1 is 1.14 bits per heavy atom. The highest BCUT2D eigenvalue weighted by molar-refractivity contribution is 6.10. The van der Waals surface area contributed by atoms with Gasteiger partial charge in [-0.15, -0.1) is 0 Å². The van der Waals surface area contributed by atoms with Crippen LogP contribution in [0.2, 0.25) is 0 Å². The molecule has 1 aromatic carbocycles. The van der Waals surface area contributed by atoms with Gasteiger partial charge in [-0.3, -0.25) is 14.0 Å². The van der Waals surface area contributed by atoms with E-state index in [9.17, 15) is 9.59 Å². The van der Waals surface area contributed by atoms with Gasteiger partial charge in [-0.1, -0.05) is 38.1 Å². The minimum Gasteiger partial charge on any atom is -0.349 e. The maximum absolute atomic E-state index is 13.4. The number of fused-ring (bicyclic) bond motifs is 2. The average molecular weight is 390 g/mol. The van der Waals surface area contributed by atoms with E-state index in [2.05, 4.69) is 30.2 Å². The Kier molecular flexibility index (Phi) is 5.34. The van der Waals surface area contributed by atoms with Gasteiger partial charge in [0.15, 0.2) is 5.69 Å². The van der Waals surface area contributed by atoms with Gasteiger partial charge < -0.3 is 10.2 Å². The predicted octanol–water partition coefficient (Wildman–Crippen LogP) is 3.70. The lowest BCUT2D eigenvalue weighted by Gasteiger charge is -2.28. The van der Waals surface area contributed by atoms with Gasteiger partial charge in [-0.2, -0.15) is 0 Å². The Bertz CT molecular complexity index is 1050. The fourth-order valence-corrected chi connectivity index (χ4v) is 3.78. The van der Waals surface area contributed by atoms with Gasteiger partial charge >= 0.3 is 0 Å². The summed E-state index contributed by atoms with van der Waals surface area (Å²) in [5, 5.41) is 2.92. The minimum absolute atomic E-state index is 0.165. The summed E-state index contributed by atoms with van der Waals surface area (Å²) >= 11 is 0. The molecule has 0 atom stereocenters. The van der Waals surface area contributed by atoms with Crippen LogP contribution in [0.4, 0.5) is 5.69 Å². The fraction of sp³-hybridized carbons (Fsp3) is 0.348. The maximum Gasteiger partial charge on any atom is 0.287 e. The molecule has 1 aliphatic heterocycles. The van der Waals surface area contributed by atoms with Crippen molar-refractivity contribution in [1.29, 1.82) is 0 Å². The van der Waals surface area contributed by atoms with Crippen LogP contribution in [0.5, 0.6) is 0 Å². The van der Waals surface area contributed by atoms with E-state index >= 15 is 0 Å². The van der Waals surface area contributed by atoms with E-state index in [1.165, 1.54) is 5.56 Å². The third-order valence-electron chi connectivity index (χ3n) is 5.32. The molecule has 0 saturated heterocycles. The number of rotatable bonds is 5. The van der Waals surface area contributed by atoms with E-state index in [-0.39, 0.29) is 17.6 Å². The Hall–Kier alpha value is -3.15. The lowest BCUT2D eigenvalue weighted by molar-refractivity contribution is 0.0941. The van der Waals surface area contributed by atoms with E-state index in [1.807, 2.05) is 36.4 Å². The van der Waals surface area contributed by atoms with Crippen LogP contribution in [0, 0.1) is 5.92 Å². The zero-order valence-corrected chi connectivity index (χ0v) is 16.9. The quantitative estimate of drug-likeness (QED) is 0.722. The van der Waals surface area contributed by atoms with Gasteiger partial charge in [-0.05, 0) is 48.9 Å². The first-order valence-electron chi connectivity index (χ1n) is 10.2. The number of aryl methyl sites for hydroxylation is 1. The van der Waals surface area contributed by atoms with Crippen LogP contribution in [0.25, 0.3) is 5.52 Å². The summed E-state index contributed by atoms with van der Waals surface area (Å²) in [6, 6.07) is 13.5. The second-order valence-corrected chi connectivity index (χ2v) is 7.87. The molecule has 150 valence electrons. The van der Waals surface area contributed by atoms with Crippen LogP contribution in [0.15, 0.2) is 48.7 Å². The van der Waals surface area contributed by atoms with Crippen molar-refractivity contribution in [2.24, 2.45) is 5.92 Å². The Balaban J connectivity index is 1.68. The van der Waals surface area contributed by atoms with Crippen molar-refractivity contribution >= 4 is 23.0 Å². The number of hydrogen-bond acceptors (Lipinski definition) is 3. The van der Waals surface area contributed by atoms with Crippen LogP contribution >= 0.6 is 0 Å². The molecule has 0 bridgehead atoms. The topological polar surface area (TPSA) is 66.7 Å². The number of aromatic nitrogens is 2. The van der Waals surface area contributed by atoms with Crippen molar-refractivity contribution in [2.45, 2.75) is 33.1 Å². The first-order valence-corrected chi connectivity index (χ1v) is 10.2. The van der Waals surface area contributed by atoms with Crippen LogP contribution in [0.1, 0.15) is 53.4 Å². The molecule has 6 nitrogen and oxygen atoms in total. The third kappa shape index (κ3) is 3.75. The summed E-state index contributed by atoms with van der Waals surface area (Å²) in [7, 11) is 0. The summed E-state index contributed by atoms with van der Waals surface area (Å²) < 4.78 is 1.70. The number of nitrogens with zero attached hydrogens (tertiary/aromatic N) is 3. The highest BCUT2D eigenvalue weighted by atomic mass is 16.2. The number of para-hydroxylation sites is 1. The van der Waals surface area contributed by atoms with Crippen LogP contribution in [-0.4, -0.2) is 34.3 Å². The van der Waals surface area contributed by atoms with Gasteiger partial charge in [0.05, 0.1) is 5.52 Å². The second kappa shape index (κ2) is 8.07. The molecule has 4 rings (SSSR count). The molecule has 3 aromatic rings. The van der Waals surface area contributed by atoms with Gasteiger partial charge in [0.25, 0.3) is 11.8 Å². The predicted molar refractivity (Wildman–Crippen MR) is 113 cm³/mol. The van der Waals surface area contributed by atoms with Gasteiger partial charge in [0.1, 0.15) is 0 Å². The van der Waals surface area contributed by atoms with Crippen molar-refractivity contribution in [3.63, 3.8) is 0 Å². The van der Waals surface area contributed by atoms with Crippen molar-refractivity contribution in [3.8, 4) is 0 Å². The van der Waals surface area contributed by atoms with Gasteiger partial charge in [0, 0.05) is 25.0 Å². The van der Waals surface area contributed by atoms with E-state index in [4.69, 9.17) is 0 Å². The number of carbonyl (C=O) groups is 2. The maximum atomic E-state index is 13.4. The molecule has 3 heterocycles. The summed E-state index contributed by atoms with van der Waals surface area (Å²) in [5.41, 5.74) is 3.07. The monoisotopic (exact) mass is 390 g/mol. The number of imidazole rings is 1. The summed E-state index contributed by atoms with van der Waals surface area (Å²) in [4.78, 5) is 32.4. The summed E-state index contributed by atoms with van der Waals surface area (Å²) in [6.07, 6.45) is 4.55. The number of anilines is 1. The first kappa shape index (κ1) is 19.2. The number of nitrogens with one attached hydrogen (secondary N) is 1. The fourth-order valence-electron chi connectivity index (χ4n) is 3.78. The normalized spacial score (nSPS) is 13.6. The molecular weight excluding hydrogens is 364 g/mol. The largest absolute Gasteiger partial charge is 0.349 e. The number of carbonyl (C=O) groups excluding carboxylic acids is 2. The first-order chi connectivity index (χ1) is 14.1. The molecule has 0 spiro atoms. The van der Waals surface area contributed by atoms with Gasteiger partial charge in [-0.25, -0.2) is 4.98 Å². The molecule has 1 aliphatic rings. The van der Waals surface area contributed by atoms with Crippen molar-refractivity contribution in [2.75, 3.05) is 18.0 Å². The third-order valence-corrected chi connectivity index (χ3v) is 5.32. The van der Waals surface area contributed by atoms with Crippen LogP contribution < -0.4 is 10.2 Å².